The van der Waals surface area contributed by atoms with Crippen molar-refractivity contribution >= 4 is 17.3 Å². The van der Waals surface area contributed by atoms with Crippen LogP contribution in [0.4, 0.5) is 4.39 Å². The Labute approximate surface area is 180 Å². The normalized spacial score (nSPS) is 11.4. The van der Waals surface area contributed by atoms with E-state index in [9.17, 15) is 4.39 Å². The van der Waals surface area contributed by atoms with E-state index >= 15 is 0 Å². The Morgan fingerprint density at radius 3 is 2.80 bits per heavy atom. The number of aryl methyl sites for hydroxylation is 1. The molecule has 8 heteroatoms. The van der Waals surface area contributed by atoms with Crippen LogP contribution in [0, 0.1) is 5.82 Å². The minimum Gasteiger partial charge on any atom is -0.453 e. The van der Waals surface area contributed by atoms with Crippen LogP contribution >= 0.6 is 11.3 Å². The molecule has 0 amide bonds. The monoisotopic (exact) mass is 427 g/mol. The quantitative estimate of drug-likeness (QED) is 0.393. The number of thiazole rings is 1. The maximum absolute atomic E-state index is 14.4. The number of nitrogens with zero attached hydrogens (tertiary/aromatic N) is 3. The number of aliphatic imine (C=N–C) groups is 1. The number of rotatable bonds is 9. The van der Waals surface area contributed by atoms with Gasteiger partial charge in [0.15, 0.2) is 17.5 Å². The number of guanidine groups is 1. The van der Waals surface area contributed by atoms with E-state index in [-0.39, 0.29) is 5.75 Å². The molecule has 2 aromatic heterocycles. The van der Waals surface area contributed by atoms with E-state index in [0.29, 0.717) is 18.3 Å². The number of halogens is 1. The van der Waals surface area contributed by atoms with Crippen LogP contribution in [0.1, 0.15) is 29.3 Å². The van der Waals surface area contributed by atoms with Crippen molar-refractivity contribution in [2.75, 3.05) is 13.1 Å². The summed E-state index contributed by atoms with van der Waals surface area (Å²) in [5, 5.41) is 7.63. The number of hydrogen-bond acceptors (Lipinski definition) is 5. The molecule has 0 atom stereocenters. The molecule has 0 spiro atoms. The standard InChI is InChI=1S/C22H26FN5OS/c1-3-18-15-27-21(30-18)9-11-26-22(25-4-2)28-13-16-7-8-20(19(23)12-16)29-17-6-5-10-24-14-17/h5-8,10,12,14-15H,3-4,9,11,13H2,1-2H3,(H2,25,26,28). The van der Waals surface area contributed by atoms with Crippen LogP contribution < -0.4 is 15.4 Å². The molecule has 3 aromatic rings. The Morgan fingerprint density at radius 1 is 1.20 bits per heavy atom. The summed E-state index contributed by atoms with van der Waals surface area (Å²) in [6.07, 6.45) is 6.97. The highest BCUT2D eigenvalue weighted by Crippen LogP contribution is 2.24. The second-order valence-corrected chi connectivity index (χ2v) is 7.70. The Balaban J connectivity index is 1.56. The molecule has 0 aliphatic rings. The lowest BCUT2D eigenvalue weighted by molar-refractivity contribution is 0.440. The minimum absolute atomic E-state index is 0.163. The first kappa shape index (κ1) is 21.7. The highest BCUT2D eigenvalue weighted by molar-refractivity contribution is 7.11. The molecule has 0 aliphatic heterocycles. The maximum Gasteiger partial charge on any atom is 0.191 e. The Hall–Kier alpha value is -3.00. The van der Waals surface area contributed by atoms with Gasteiger partial charge in [0.25, 0.3) is 0 Å². The molecular weight excluding hydrogens is 401 g/mol. The van der Waals surface area contributed by atoms with E-state index in [4.69, 9.17) is 4.74 Å². The molecule has 2 heterocycles. The number of ether oxygens (including phenoxy) is 1. The van der Waals surface area contributed by atoms with Gasteiger partial charge in [-0.1, -0.05) is 13.0 Å². The molecule has 0 radical (unpaired) electrons. The number of benzene rings is 1. The topological polar surface area (TPSA) is 71.4 Å². The zero-order valence-electron chi connectivity index (χ0n) is 17.2. The van der Waals surface area contributed by atoms with Gasteiger partial charge in [0, 0.05) is 36.8 Å². The fraction of sp³-hybridized carbons (Fsp3) is 0.318. The summed E-state index contributed by atoms with van der Waals surface area (Å²) in [5.41, 5.74) is 0.760. The second-order valence-electron chi connectivity index (χ2n) is 6.50. The summed E-state index contributed by atoms with van der Waals surface area (Å²) in [4.78, 5) is 14.2. The number of pyridine rings is 1. The number of aromatic nitrogens is 2. The van der Waals surface area contributed by atoms with Crippen molar-refractivity contribution in [3.8, 4) is 11.5 Å². The summed E-state index contributed by atoms with van der Waals surface area (Å²) in [6.45, 7) is 5.97. The van der Waals surface area contributed by atoms with Gasteiger partial charge in [0.2, 0.25) is 0 Å². The molecule has 30 heavy (non-hydrogen) atoms. The van der Waals surface area contributed by atoms with E-state index < -0.39 is 5.82 Å². The van der Waals surface area contributed by atoms with Crippen LogP contribution in [0.15, 0.2) is 53.9 Å². The van der Waals surface area contributed by atoms with Crippen LogP contribution in [0.25, 0.3) is 0 Å². The van der Waals surface area contributed by atoms with Crippen LogP contribution in [-0.2, 0) is 19.4 Å². The van der Waals surface area contributed by atoms with Crippen LogP contribution in [0.3, 0.4) is 0 Å². The average Bonchev–Trinajstić information content (AvgIpc) is 3.22. The molecule has 0 bridgehead atoms. The Morgan fingerprint density at radius 2 is 2.10 bits per heavy atom. The summed E-state index contributed by atoms with van der Waals surface area (Å²) in [7, 11) is 0. The largest absolute Gasteiger partial charge is 0.453 e. The highest BCUT2D eigenvalue weighted by atomic mass is 32.1. The third kappa shape index (κ3) is 6.52. The first-order valence-electron chi connectivity index (χ1n) is 10.00. The molecule has 0 saturated heterocycles. The molecule has 6 nitrogen and oxygen atoms in total. The van der Waals surface area contributed by atoms with Gasteiger partial charge in [0.05, 0.1) is 17.7 Å². The van der Waals surface area contributed by atoms with Crippen molar-refractivity contribution in [2.45, 2.75) is 33.2 Å². The summed E-state index contributed by atoms with van der Waals surface area (Å²) in [6, 6.07) is 8.34. The molecule has 0 saturated carbocycles. The van der Waals surface area contributed by atoms with Gasteiger partial charge < -0.3 is 15.4 Å². The molecular formula is C22H26FN5OS. The SMILES string of the molecule is CCNC(=NCc1ccc(Oc2cccnc2)c(F)c1)NCCc1ncc(CC)s1. The predicted molar refractivity (Wildman–Crippen MR) is 119 cm³/mol. The van der Waals surface area contributed by atoms with E-state index in [1.807, 2.05) is 19.2 Å². The second kappa shape index (κ2) is 11.3. The summed E-state index contributed by atoms with van der Waals surface area (Å²) in [5.74, 6) is 0.920. The molecule has 0 fully saturated rings. The molecule has 2 N–H and O–H groups in total. The van der Waals surface area contributed by atoms with Crippen molar-refractivity contribution in [1.29, 1.82) is 0 Å². The van der Waals surface area contributed by atoms with Crippen molar-refractivity contribution < 1.29 is 9.13 Å². The number of nitrogens with one attached hydrogen (secondary N) is 2. The zero-order valence-corrected chi connectivity index (χ0v) is 18.0. The van der Waals surface area contributed by atoms with E-state index in [1.165, 1.54) is 10.9 Å². The van der Waals surface area contributed by atoms with Crippen LogP contribution in [0.2, 0.25) is 0 Å². The van der Waals surface area contributed by atoms with Gasteiger partial charge >= 0.3 is 0 Å². The van der Waals surface area contributed by atoms with Gasteiger partial charge in [-0.15, -0.1) is 11.3 Å². The fourth-order valence-electron chi connectivity index (χ4n) is 2.69. The summed E-state index contributed by atoms with van der Waals surface area (Å²) >= 11 is 1.74. The van der Waals surface area contributed by atoms with E-state index in [1.54, 1.807) is 41.9 Å². The smallest absolute Gasteiger partial charge is 0.191 e. The van der Waals surface area contributed by atoms with Gasteiger partial charge in [-0.25, -0.2) is 14.4 Å². The predicted octanol–water partition coefficient (Wildman–Crippen LogP) is 4.33. The summed E-state index contributed by atoms with van der Waals surface area (Å²) < 4.78 is 19.9. The van der Waals surface area contributed by atoms with Crippen molar-refractivity contribution in [3.63, 3.8) is 0 Å². The van der Waals surface area contributed by atoms with Crippen molar-refractivity contribution in [3.05, 3.63) is 70.2 Å². The fourth-order valence-corrected chi connectivity index (χ4v) is 3.55. The third-order valence-electron chi connectivity index (χ3n) is 4.20. The van der Waals surface area contributed by atoms with Crippen molar-refractivity contribution in [1.82, 2.24) is 20.6 Å². The number of hydrogen-bond donors (Lipinski definition) is 2. The van der Waals surface area contributed by atoms with Gasteiger partial charge in [-0.3, -0.25) is 4.98 Å². The Bertz CT molecular complexity index is 961. The molecule has 1 aromatic carbocycles. The lowest BCUT2D eigenvalue weighted by Gasteiger charge is -2.11. The molecule has 3 rings (SSSR count). The molecule has 0 unspecified atom stereocenters. The first-order valence-corrected chi connectivity index (χ1v) is 10.8. The van der Waals surface area contributed by atoms with Crippen LogP contribution in [-0.4, -0.2) is 29.0 Å². The zero-order chi connectivity index (χ0) is 21.2. The third-order valence-corrected chi connectivity index (χ3v) is 5.41. The van der Waals surface area contributed by atoms with Crippen LogP contribution in [0.5, 0.6) is 11.5 Å². The van der Waals surface area contributed by atoms with Gasteiger partial charge in [-0.05, 0) is 43.2 Å². The average molecular weight is 428 g/mol. The van der Waals surface area contributed by atoms with Crippen molar-refractivity contribution in [2.24, 2.45) is 4.99 Å². The first-order chi connectivity index (χ1) is 14.7. The lowest BCUT2D eigenvalue weighted by Crippen LogP contribution is -2.38. The highest BCUT2D eigenvalue weighted by Gasteiger charge is 2.07. The molecule has 0 aliphatic carbocycles. The maximum atomic E-state index is 14.4. The molecule has 158 valence electrons. The van der Waals surface area contributed by atoms with Gasteiger partial charge in [0.1, 0.15) is 5.75 Å². The minimum atomic E-state index is -0.431. The van der Waals surface area contributed by atoms with E-state index in [2.05, 4.69) is 32.5 Å². The lowest BCUT2D eigenvalue weighted by atomic mass is 10.2. The van der Waals surface area contributed by atoms with E-state index in [0.717, 1.165) is 36.5 Å². The Kier molecular flexibility index (Phi) is 8.14. The van der Waals surface area contributed by atoms with Gasteiger partial charge in [-0.2, -0.15) is 0 Å².